The van der Waals surface area contributed by atoms with E-state index in [2.05, 4.69) is 10.3 Å². The monoisotopic (exact) mass is 217 g/mol. The van der Waals surface area contributed by atoms with Crippen LogP contribution in [-0.2, 0) is 11.2 Å². The van der Waals surface area contributed by atoms with E-state index in [4.69, 9.17) is 5.11 Å². The molecule has 2 rings (SSSR count). The quantitative estimate of drug-likeness (QED) is 0.836. The summed E-state index contributed by atoms with van der Waals surface area (Å²) in [4.78, 5) is 11.0. The van der Waals surface area contributed by atoms with Crippen molar-refractivity contribution in [2.45, 2.75) is 13.3 Å². The maximum absolute atomic E-state index is 11.0. The first-order valence-electron chi connectivity index (χ1n) is 4.85. The second kappa shape index (κ2) is 4.14. The molecule has 0 radical (unpaired) electrons. The van der Waals surface area contributed by atoms with Gasteiger partial charge in [-0.3, -0.25) is 4.79 Å². The minimum absolute atomic E-state index is 0.0577. The molecule has 82 valence electrons. The molecule has 0 bridgehead atoms. The van der Waals surface area contributed by atoms with Crippen LogP contribution in [0, 0.1) is 0 Å². The lowest BCUT2D eigenvalue weighted by Gasteiger charge is -2.04. The molecule has 0 aliphatic rings. The molecule has 1 heterocycles. The number of aromatic hydroxyl groups is 1. The molecule has 0 atom stereocenters. The third kappa shape index (κ3) is 2.08. The van der Waals surface area contributed by atoms with Crippen LogP contribution in [-0.4, -0.2) is 25.9 Å². The molecular weight excluding hydrogens is 206 g/mol. The summed E-state index contributed by atoms with van der Waals surface area (Å²) in [6, 6.07) is 6.56. The first kappa shape index (κ1) is 10.4. The van der Waals surface area contributed by atoms with Crippen LogP contribution in [0.2, 0.25) is 0 Å². The molecule has 0 amide bonds. The van der Waals surface area contributed by atoms with Crippen LogP contribution in [0.15, 0.2) is 30.5 Å². The maximum atomic E-state index is 11.0. The Hall–Kier alpha value is -2.17. The van der Waals surface area contributed by atoms with Crippen molar-refractivity contribution in [3.8, 4) is 11.4 Å². The van der Waals surface area contributed by atoms with E-state index in [0.717, 1.165) is 11.4 Å². The van der Waals surface area contributed by atoms with Gasteiger partial charge in [0, 0.05) is 0 Å². The smallest absolute Gasteiger partial charge is 0.135 e. The summed E-state index contributed by atoms with van der Waals surface area (Å²) < 4.78 is 1.58. The van der Waals surface area contributed by atoms with Crippen molar-refractivity contribution >= 4 is 5.78 Å². The number of phenols is 1. The van der Waals surface area contributed by atoms with Gasteiger partial charge < -0.3 is 5.11 Å². The zero-order valence-electron chi connectivity index (χ0n) is 8.79. The number of phenolic OH excluding ortho intramolecular Hbond substituents is 1. The van der Waals surface area contributed by atoms with E-state index < -0.39 is 0 Å². The lowest BCUT2D eigenvalue weighted by Crippen LogP contribution is -2.06. The number of benzene rings is 1. The van der Waals surface area contributed by atoms with Crippen molar-refractivity contribution in [1.82, 2.24) is 15.0 Å². The summed E-state index contributed by atoms with van der Waals surface area (Å²) in [6.07, 6.45) is 1.86. The zero-order chi connectivity index (χ0) is 11.5. The molecule has 0 aliphatic heterocycles. The predicted molar refractivity (Wildman–Crippen MR) is 57.4 cm³/mol. The summed E-state index contributed by atoms with van der Waals surface area (Å²) in [7, 11) is 0. The third-order valence-corrected chi connectivity index (χ3v) is 2.14. The highest BCUT2D eigenvalue weighted by Gasteiger charge is 2.07. The van der Waals surface area contributed by atoms with Gasteiger partial charge in [-0.25, -0.2) is 4.68 Å². The van der Waals surface area contributed by atoms with E-state index in [0.29, 0.717) is 6.42 Å². The average Bonchev–Trinajstić information content (AvgIpc) is 2.66. The number of aromatic nitrogens is 3. The van der Waals surface area contributed by atoms with Gasteiger partial charge in [0.1, 0.15) is 11.5 Å². The van der Waals surface area contributed by atoms with Crippen LogP contribution < -0.4 is 0 Å². The Labute approximate surface area is 92.3 Å². The lowest BCUT2D eigenvalue weighted by atomic mass is 10.2. The molecule has 0 aliphatic carbocycles. The molecule has 5 heteroatoms. The molecule has 1 aromatic heterocycles. The maximum Gasteiger partial charge on any atom is 0.135 e. The van der Waals surface area contributed by atoms with Gasteiger partial charge in [0.15, 0.2) is 0 Å². The minimum atomic E-state index is 0.0577. The SMILES string of the molecule is CC(=O)Cc1cnnn1-c1ccc(O)cc1. The summed E-state index contributed by atoms with van der Waals surface area (Å²) in [5.74, 6) is 0.249. The van der Waals surface area contributed by atoms with Crippen LogP contribution in [0.25, 0.3) is 5.69 Å². The van der Waals surface area contributed by atoms with Crippen molar-refractivity contribution in [1.29, 1.82) is 0 Å². The molecule has 0 saturated heterocycles. The largest absolute Gasteiger partial charge is 0.508 e. The van der Waals surface area contributed by atoms with Crippen LogP contribution in [0.4, 0.5) is 0 Å². The fraction of sp³-hybridized carbons (Fsp3) is 0.182. The van der Waals surface area contributed by atoms with Gasteiger partial charge in [0.25, 0.3) is 0 Å². The molecule has 2 aromatic rings. The Morgan fingerprint density at radius 3 is 2.69 bits per heavy atom. The summed E-state index contributed by atoms with van der Waals surface area (Å²) in [5, 5.41) is 16.8. The van der Waals surface area contributed by atoms with Gasteiger partial charge >= 0.3 is 0 Å². The van der Waals surface area contributed by atoms with Crippen molar-refractivity contribution < 1.29 is 9.90 Å². The fourth-order valence-electron chi connectivity index (χ4n) is 1.44. The van der Waals surface area contributed by atoms with E-state index >= 15 is 0 Å². The first-order valence-corrected chi connectivity index (χ1v) is 4.85. The number of carbonyl (C=O) groups is 1. The number of nitrogens with zero attached hydrogens (tertiary/aromatic N) is 3. The second-order valence-electron chi connectivity index (χ2n) is 3.53. The fourth-order valence-corrected chi connectivity index (χ4v) is 1.44. The average molecular weight is 217 g/mol. The summed E-state index contributed by atoms with van der Waals surface area (Å²) in [5.41, 5.74) is 1.50. The summed E-state index contributed by atoms with van der Waals surface area (Å²) in [6.45, 7) is 1.52. The molecule has 1 aromatic carbocycles. The number of ketones is 1. The lowest BCUT2D eigenvalue weighted by molar-refractivity contribution is -0.116. The highest BCUT2D eigenvalue weighted by atomic mass is 16.3. The van der Waals surface area contributed by atoms with E-state index in [1.165, 1.54) is 6.92 Å². The highest BCUT2D eigenvalue weighted by molar-refractivity contribution is 5.77. The third-order valence-electron chi connectivity index (χ3n) is 2.14. The van der Waals surface area contributed by atoms with E-state index in [9.17, 15) is 4.79 Å². The van der Waals surface area contributed by atoms with Crippen LogP contribution in [0.3, 0.4) is 0 Å². The van der Waals surface area contributed by atoms with Gasteiger partial charge in [-0.15, -0.1) is 5.10 Å². The topological polar surface area (TPSA) is 68.0 Å². The van der Waals surface area contributed by atoms with Gasteiger partial charge in [0.2, 0.25) is 0 Å². The Morgan fingerprint density at radius 1 is 1.38 bits per heavy atom. The highest BCUT2D eigenvalue weighted by Crippen LogP contribution is 2.14. The zero-order valence-corrected chi connectivity index (χ0v) is 8.79. The second-order valence-corrected chi connectivity index (χ2v) is 3.53. The number of hydrogen-bond acceptors (Lipinski definition) is 4. The standard InChI is InChI=1S/C11H11N3O2/c1-8(15)6-10-7-12-13-14(10)9-2-4-11(16)5-3-9/h2-5,7,16H,6H2,1H3. The Kier molecular flexibility index (Phi) is 2.68. The Balaban J connectivity index is 2.36. The molecule has 0 saturated carbocycles. The normalized spacial score (nSPS) is 10.3. The molecule has 1 N–H and O–H groups in total. The van der Waals surface area contributed by atoms with Crippen molar-refractivity contribution in [3.05, 3.63) is 36.2 Å². The van der Waals surface area contributed by atoms with Crippen LogP contribution in [0.5, 0.6) is 5.75 Å². The van der Waals surface area contributed by atoms with E-state index in [1.807, 2.05) is 0 Å². The molecule has 0 spiro atoms. The van der Waals surface area contributed by atoms with Gasteiger partial charge in [-0.05, 0) is 31.2 Å². The first-order chi connectivity index (χ1) is 7.66. The molecule has 5 nitrogen and oxygen atoms in total. The van der Waals surface area contributed by atoms with Gasteiger partial charge in [0.05, 0.1) is 24.0 Å². The van der Waals surface area contributed by atoms with Gasteiger partial charge in [-0.1, -0.05) is 5.21 Å². The molecule has 16 heavy (non-hydrogen) atoms. The number of rotatable bonds is 3. The molecular formula is C11H11N3O2. The van der Waals surface area contributed by atoms with E-state index in [-0.39, 0.29) is 11.5 Å². The van der Waals surface area contributed by atoms with Crippen LogP contribution in [0.1, 0.15) is 12.6 Å². The minimum Gasteiger partial charge on any atom is -0.508 e. The van der Waals surface area contributed by atoms with E-state index in [1.54, 1.807) is 35.1 Å². The van der Waals surface area contributed by atoms with Crippen LogP contribution >= 0.6 is 0 Å². The predicted octanol–water partition coefficient (Wildman–Crippen LogP) is 1.10. The van der Waals surface area contributed by atoms with Crippen molar-refractivity contribution in [2.24, 2.45) is 0 Å². The molecule has 0 unspecified atom stereocenters. The van der Waals surface area contributed by atoms with Crippen molar-refractivity contribution in [2.75, 3.05) is 0 Å². The Bertz CT molecular complexity index is 502. The Morgan fingerprint density at radius 2 is 2.06 bits per heavy atom. The molecule has 0 fully saturated rings. The summed E-state index contributed by atoms with van der Waals surface area (Å²) >= 11 is 0. The van der Waals surface area contributed by atoms with Gasteiger partial charge in [-0.2, -0.15) is 0 Å². The number of hydrogen-bond donors (Lipinski definition) is 1. The number of carbonyl (C=O) groups excluding carboxylic acids is 1. The number of Topliss-reactive ketones (excluding diaryl/α,β-unsaturated/α-hetero) is 1. The van der Waals surface area contributed by atoms with Crippen molar-refractivity contribution in [3.63, 3.8) is 0 Å².